The Kier molecular flexibility index (Phi) is 5.01. The van der Waals surface area contributed by atoms with Crippen molar-refractivity contribution >= 4 is 17.3 Å². The molecule has 1 atom stereocenters. The predicted octanol–water partition coefficient (Wildman–Crippen LogP) is 2.56. The standard InChI is InChI=1S/C20H21ClN4O2/c1-14(19-22-23-20(27-19)15-3-2-4-16(21)13-15)24-9-11-25(12-10-24)17-5-7-18(26)8-6-17/h2-8,13-14,26H,9-12H2,1H3/p+1/t14-/m0/s1. The lowest BCUT2D eigenvalue weighted by atomic mass is 10.2. The fraction of sp³-hybridized carbons (Fsp3) is 0.300. The van der Waals surface area contributed by atoms with Crippen LogP contribution in [-0.4, -0.2) is 41.5 Å². The van der Waals surface area contributed by atoms with Crippen molar-refractivity contribution in [2.75, 3.05) is 31.1 Å². The van der Waals surface area contributed by atoms with Gasteiger partial charge in [0, 0.05) is 16.3 Å². The maximum absolute atomic E-state index is 9.44. The highest BCUT2D eigenvalue weighted by molar-refractivity contribution is 6.30. The second-order valence-corrected chi connectivity index (χ2v) is 7.28. The Labute approximate surface area is 163 Å². The summed E-state index contributed by atoms with van der Waals surface area (Å²) in [6.45, 7) is 5.98. The van der Waals surface area contributed by atoms with E-state index >= 15 is 0 Å². The molecule has 140 valence electrons. The first kappa shape index (κ1) is 17.8. The molecule has 0 aliphatic carbocycles. The number of nitrogens with zero attached hydrogens (tertiary/aromatic N) is 3. The number of hydrogen-bond acceptors (Lipinski definition) is 5. The Morgan fingerprint density at radius 1 is 1.11 bits per heavy atom. The van der Waals surface area contributed by atoms with Gasteiger partial charge in [-0.05, 0) is 49.4 Å². The quantitative estimate of drug-likeness (QED) is 0.722. The predicted molar refractivity (Wildman–Crippen MR) is 104 cm³/mol. The molecule has 0 unspecified atom stereocenters. The van der Waals surface area contributed by atoms with E-state index in [1.54, 1.807) is 12.1 Å². The van der Waals surface area contributed by atoms with E-state index in [0.717, 1.165) is 37.4 Å². The molecular formula is C20H22ClN4O2+. The minimum atomic E-state index is 0.132. The topological polar surface area (TPSA) is 66.8 Å². The van der Waals surface area contributed by atoms with Gasteiger partial charge in [-0.1, -0.05) is 17.7 Å². The van der Waals surface area contributed by atoms with Crippen molar-refractivity contribution in [2.24, 2.45) is 0 Å². The van der Waals surface area contributed by atoms with E-state index in [4.69, 9.17) is 16.0 Å². The molecule has 4 rings (SSSR count). The minimum absolute atomic E-state index is 0.132. The maximum Gasteiger partial charge on any atom is 0.274 e. The number of piperazine rings is 1. The van der Waals surface area contributed by atoms with Crippen LogP contribution in [0.25, 0.3) is 11.5 Å². The number of halogens is 1. The fourth-order valence-electron chi connectivity index (χ4n) is 3.47. The average molecular weight is 386 g/mol. The molecule has 2 heterocycles. The van der Waals surface area contributed by atoms with Gasteiger partial charge >= 0.3 is 0 Å². The maximum atomic E-state index is 9.44. The lowest BCUT2D eigenvalue weighted by Crippen LogP contribution is -3.14. The van der Waals surface area contributed by atoms with Crippen molar-refractivity contribution in [3.05, 3.63) is 59.4 Å². The Balaban J connectivity index is 1.41. The van der Waals surface area contributed by atoms with Gasteiger partial charge in [0.2, 0.25) is 5.89 Å². The first-order valence-electron chi connectivity index (χ1n) is 9.08. The van der Waals surface area contributed by atoms with Gasteiger partial charge in [-0.15, -0.1) is 10.2 Å². The molecule has 6 nitrogen and oxygen atoms in total. The van der Waals surface area contributed by atoms with Crippen LogP contribution in [0.1, 0.15) is 18.9 Å². The largest absolute Gasteiger partial charge is 0.508 e. The number of nitrogens with one attached hydrogen (secondary N) is 1. The second kappa shape index (κ2) is 7.58. The molecule has 1 fully saturated rings. The van der Waals surface area contributed by atoms with Gasteiger partial charge in [0.05, 0.1) is 26.2 Å². The molecule has 0 amide bonds. The summed E-state index contributed by atoms with van der Waals surface area (Å²) in [6.07, 6.45) is 0. The molecule has 1 saturated heterocycles. The van der Waals surface area contributed by atoms with Crippen molar-refractivity contribution in [3.8, 4) is 17.2 Å². The second-order valence-electron chi connectivity index (χ2n) is 6.84. The van der Waals surface area contributed by atoms with Gasteiger partial charge in [-0.3, -0.25) is 0 Å². The number of hydrogen-bond donors (Lipinski definition) is 2. The van der Waals surface area contributed by atoms with Crippen LogP contribution >= 0.6 is 11.6 Å². The normalized spacial score (nSPS) is 16.4. The number of anilines is 1. The number of aromatic nitrogens is 2. The van der Waals surface area contributed by atoms with Crippen LogP contribution < -0.4 is 9.80 Å². The number of quaternary nitrogens is 1. The molecule has 1 aromatic heterocycles. The van der Waals surface area contributed by atoms with Gasteiger partial charge in [0.1, 0.15) is 5.75 Å². The zero-order valence-electron chi connectivity index (χ0n) is 15.1. The zero-order valence-corrected chi connectivity index (χ0v) is 15.9. The van der Waals surface area contributed by atoms with Gasteiger partial charge in [-0.25, -0.2) is 0 Å². The molecule has 1 aliphatic heterocycles. The summed E-state index contributed by atoms with van der Waals surface area (Å²) < 4.78 is 5.92. The van der Waals surface area contributed by atoms with Crippen LogP contribution in [0, 0.1) is 0 Å². The van der Waals surface area contributed by atoms with E-state index in [1.165, 1.54) is 4.90 Å². The third-order valence-corrected chi connectivity index (χ3v) is 5.35. The van der Waals surface area contributed by atoms with E-state index in [2.05, 4.69) is 22.0 Å². The summed E-state index contributed by atoms with van der Waals surface area (Å²) in [5, 5.41) is 18.5. The molecular weight excluding hydrogens is 364 g/mol. The first-order valence-corrected chi connectivity index (χ1v) is 9.46. The van der Waals surface area contributed by atoms with E-state index in [0.29, 0.717) is 22.6 Å². The molecule has 0 saturated carbocycles. The van der Waals surface area contributed by atoms with E-state index in [-0.39, 0.29) is 6.04 Å². The van der Waals surface area contributed by atoms with Crippen LogP contribution in [0.3, 0.4) is 0 Å². The molecule has 27 heavy (non-hydrogen) atoms. The average Bonchev–Trinajstić information content (AvgIpc) is 3.18. The van der Waals surface area contributed by atoms with Crippen molar-refractivity contribution in [3.63, 3.8) is 0 Å². The summed E-state index contributed by atoms with van der Waals surface area (Å²) >= 11 is 6.05. The van der Waals surface area contributed by atoms with Gasteiger partial charge in [-0.2, -0.15) is 0 Å². The minimum Gasteiger partial charge on any atom is -0.508 e. The highest BCUT2D eigenvalue weighted by Gasteiger charge is 2.29. The lowest BCUT2D eigenvalue weighted by molar-refractivity contribution is -0.931. The highest BCUT2D eigenvalue weighted by Crippen LogP contribution is 2.23. The molecule has 0 radical (unpaired) electrons. The van der Waals surface area contributed by atoms with Crippen LogP contribution in [0.2, 0.25) is 5.02 Å². The molecule has 7 heteroatoms. The van der Waals surface area contributed by atoms with Crippen molar-refractivity contribution in [1.29, 1.82) is 0 Å². The number of aromatic hydroxyl groups is 1. The van der Waals surface area contributed by atoms with Gasteiger partial charge in [0.25, 0.3) is 5.89 Å². The summed E-state index contributed by atoms with van der Waals surface area (Å²) in [5.74, 6) is 1.45. The lowest BCUT2D eigenvalue weighted by Gasteiger charge is -2.35. The van der Waals surface area contributed by atoms with Gasteiger partial charge in [0.15, 0.2) is 6.04 Å². The Hall–Kier alpha value is -2.57. The van der Waals surface area contributed by atoms with E-state index < -0.39 is 0 Å². The Morgan fingerprint density at radius 3 is 2.56 bits per heavy atom. The van der Waals surface area contributed by atoms with Crippen LogP contribution in [0.5, 0.6) is 5.75 Å². The fourth-order valence-corrected chi connectivity index (χ4v) is 3.66. The highest BCUT2D eigenvalue weighted by atomic mass is 35.5. The molecule has 0 bridgehead atoms. The molecule has 2 N–H and O–H groups in total. The summed E-state index contributed by atoms with van der Waals surface area (Å²) in [6, 6.07) is 14.9. The molecule has 1 aliphatic rings. The van der Waals surface area contributed by atoms with Crippen molar-refractivity contribution in [2.45, 2.75) is 13.0 Å². The third kappa shape index (κ3) is 3.91. The number of phenols is 1. The molecule has 3 aromatic rings. The van der Waals surface area contributed by atoms with Crippen molar-refractivity contribution in [1.82, 2.24) is 10.2 Å². The number of phenolic OH excluding ortho intramolecular Hbond substituents is 1. The SMILES string of the molecule is C[C@@H](c1nnc(-c2cccc(Cl)c2)o1)[NH+]1CCN(c2ccc(O)cc2)CC1. The zero-order chi connectivity index (χ0) is 18.8. The molecule has 2 aromatic carbocycles. The van der Waals surface area contributed by atoms with Crippen LogP contribution in [-0.2, 0) is 0 Å². The number of benzene rings is 2. The molecule has 0 spiro atoms. The summed E-state index contributed by atoms with van der Waals surface area (Å²) in [5.41, 5.74) is 1.97. The summed E-state index contributed by atoms with van der Waals surface area (Å²) in [7, 11) is 0. The third-order valence-electron chi connectivity index (χ3n) is 5.12. The summed E-state index contributed by atoms with van der Waals surface area (Å²) in [4.78, 5) is 3.76. The van der Waals surface area contributed by atoms with E-state index in [9.17, 15) is 5.11 Å². The Bertz CT molecular complexity index is 904. The monoisotopic (exact) mass is 385 g/mol. The van der Waals surface area contributed by atoms with Crippen LogP contribution in [0.15, 0.2) is 52.9 Å². The van der Waals surface area contributed by atoms with Gasteiger partial charge < -0.3 is 19.3 Å². The number of rotatable bonds is 4. The smallest absolute Gasteiger partial charge is 0.274 e. The first-order chi connectivity index (χ1) is 13.1. The van der Waals surface area contributed by atoms with Crippen LogP contribution in [0.4, 0.5) is 5.69 Å². The Morgan fingerprint density at radius 2 is 1.85 bits per heavy atom. The van der Waals surface area contributed by atoms with E-state index in [1.807, 2.05) is 36.4 Å². The van der Waals surface area contributed by atoms with Crippen molar-refractivity contribution < 1.29 is 14.4 Å².